The molecule has 0 heterocycles. The Hall–Kier alpha value is -0.780. The van der Waals surface area contributed by atoms with E-state index in [9.17, 15) is 0 Å². The Bertz CT molecular complexity index is 445. The molecule has 0 aliphatic rings. The van der Waals surface area contributed by atoms with Gasteiger partial charge in [-0.3, -0.25) is 0 Å². The van der Waals surface area contributed by atoms with Crippen LogP contribution in [0.3, 0.4) is 0 Å². The van der Waals surface area contributed by atoms with Gasteiger partial charge in [0.05, 0.1) is 0 Å². The Morgan fingerprint density at radius 1 is 0.630 bits per heavy atom. The molecule has 27 heavy (non-hydrogen) atoms. The lowest BCUT2D eigenvalue weighted by Crippen LogP contribution is -1.93. The maximum Gasteiger partial charge on any atom is -0.0245 e. The lowest BCUT2D eigenvalue weighted by Gasteiger charge is -2.08. The smallest absolute Gasteiger partial charge is 0.0245 e. The van der Waals surface area contributed by atoms with Crippen molar-refractivity contribution >= 4 is 0 Å². The van der Waals surface area contributed by atoms with Crippen LogP contribution in [0.25, 0.3) is 0 Å². The van der Waals surface area contributed by atoms with E-state index in [1.54, 1.807) is 0 Å². The van der Waals surface area contributed by atoms with E-state index in [-0.39, 0.29) is 0 Å². The molecule has 1 aromatic carbocycles. The van der Waals surface area contributed by atoms with Crippen molar-refractivity contribution in [3.63, 3.8) is 0 Å². The molecule has 0 amide bonds. The number of rotatable bonds is 18. The highest BCUT2D eigenvalue weighted by Crippen LogP contribution is 2.17. The van der Waals surface area contributed by atoms with E-state index in [1.807, 2.05) is 0 Å². The molecule has 0 N–H and O–H groups in total. The topological polar surface area (TPSA) is 0 Å². The first-order chi connectivity index (χ1) is 13.3. The minimum atomic E-state index is 1.14. The quantitative estimate of drug-likeness (QED) is 0.225. The van der Waals surface area contributed by atoms with Crippen molar-refractivity contribution in [1.29, 1.82) is 0 Å². The molecule has 0 fully saturated rings. The largest absolute Gasteiger partial charge is 0.0654 e. The van der Waals surface area contributed by atoms with Gasteiger partial charge in [-0.25, -0.2) is 0 Å². The van der Waals surface area contributed by atoms with Crippen molar-refractivity contribution < 1.29 is 0 Å². The summed E-state index contributed by atoms with van der Waals surface area (Å²) < 4.78 is 0. The van der Waals surface area contributed by atoms with Crippen LogP contribution in [0, 0.1) is 20.3 Å². The van der Waals surface area contributed by atoms with E-state index in [1.165, 1.54) is 119 Å². The predicted molar refractivity (Wildman–Crippen MR) is 123 cm³/mol. The molecule has 1 rings (SSSR count). The van der Waals surface area contributed by atoms with Gasteiger partial charge in [0.1, 0.15) is 0 Å². The van der Waals surface area contributed by atoms with Crippen molar-refractivity contribution in [2.75, 3.05) is 0 Å². The molecule has 0 aromatic heterocycles. The molecule has 0 saturated heterocycles. The lowest BCUT2D eigenvalue weighted by molar-refractivity contribution is 0.531. The van der Waals surface area contributed by atoms with Crippen LogP contribution in [0.1, 0.15) is 126 Å². The number of aryl methyl sites for hydroxylation is 1. The first-order valence-corrected chi connectivity index (χ1v) is 12.1. The minimum absolute atomic E-state index is 1.14. The third kappa shape index (κ3) is 13.1. The predicted octanol–water partition coefficient (Wildman–Crippen LogP) is 9.31. The molecule has 1 aromatic rings. The van der Waals surface area contributed by atoms with Crippen LogP contribution in [-0.2, 0) is 6.42 Å². The summed E-state index contributed by atoms with van der Waals surface area (Å²) in [6, 6.07) is 6.69. The highest BCUT2D eigenvalue weighted by Gasteiger charge is 2.00. The van der Waals surface area contributed by atoms with Crippen LogP contribution in [-0.4, -0.2) is 0 Å². The normalized spacial score (nSPS) is 11.2. The summed E-state index contributed by atoms with van der Waals surface area (Å²) in [5.41, 5.74) is 4.41. The second-order valence-corrected chi connectivity index (χ2v) is 8.59. The van der Waals surface area contributed by atoms with Gasteiger partial charge in [0, 0.05) is 0 Å². The summed E-state index contributed by atoms with van der Waals surface area (Å²) in [7, 11) is 0. The van der Waals surface area contributed by atoms with E-state index < -0.39 is 0 Å². The average molecular weight is 372 g/mol. The maximum atomic E-state index is 2.49. The fourth-order valence-electron chi connectivity index (χ4n) is 3.95. The zero-order chi connectivity index (χ0) is 19.6. The third-order valence-corrected chi connectivity index (χ3v) is 6.09. The van der Waals surface area contributed by atoms with Gasteiger partial charge >= 0.3 is 0 Å². The number of hydrogen-bond donors (Lipinski definition) is 0. The van der Waals surface area contributed by atoms with Crippen LogP contribution in [0.15, 0.2) is 18.2 Å². The summed E-state index contributed by atoms with van der Waals surface area (Å²) >= 11 is 0. The van der Waals surface area contributed by atoms with Crippen LogP contribution in [0.2, 0.25) is 0 Å². The summed E-state index contributed by atoms with van der Waals surface area (Å²) in [5, 5.41) is 0. The average Bonchev–Trinajstić information content (AvgIpc) is 2.67. The second-order valence-electron chi connectivity index (χ2n) is 8.59. The van der Waals surface area contributed by atoms with Crippen molar-refractivity contribution in [2.24, 2.45) is 0 Å². The fourth-order valence-corrected chi connectivity index (χ4v) is 3.95. The molecule has 0 unspecified atom stereocenters. The highest BCUT2D eigenvalue weighted by atomic mass is 14.1. The molecule has 0 bridgehead atoms. The van der Waals surface area contributed by atoms with Crippen LogP contribution >= 0.6 is 0 Å². The molecule has 1 radical (unpaired) electrons. The summed E-state index contributed by atoms with van der Waals surface area (Å²) in [6.07, 6.45) is 26.6. The Morgan fingerprint density at radius 2 is 1.11 bits per heavy atom. The molecular formula is C27H47. The Morgan fingerprint density at radius 3 is 1.63 bits per heavy atom. The number of unbranched alkanes of at least 4 members (excludes halogenated alkanes) is 16. The second kappa shape index (κ2) is 17.3. The maximum absolute atomic E-state index is 2.49. The van der Waals surface area contributed by atoms with Gasteiger partial charge in [0.2, 0.25) is 0 Å². The first kappa shape index (κ1) is 24.3. The standard InChI is InChI=1S/C27H47/c1-4-5-6-7-8-9-10-11-12-13-14-15-16-17-18-19-20-23-27-24-21-22-25(2)26(27)3/h20-22,24H,4-19,23H2,1-3H3. The van der Waals surface area contributed by atoms with Gasteiger partial charge in [0.25, 0.3) is 0 Å². The van der Waals surface area contributed by atoms with Crippen molar-refractivity contribution in [3.8, 4) is 0 Å². The van der Waals surface area contributed by atoms with E-state index in [0.717, 1.165) is 6.42 Å². The molecular weight excluding hydrogens is 324 g/mol. The van der Waals surface area contributed by atoms with Crippen molar-refractivity contribution in [2.45, 2.75) is 130 Å². The van der Waals surface area contributed by atoms with E-state index in [0.29, 0.717) is 0 Å². The van der Waals surface area contributed by atoms with Gasteiger partial charge in [0.15, 0.2) is 0 Å². The Labute approximate surface area is 171 Å². The summed E-state index contributed by atoms with van der Waals surface area (Å²) in [5.74, 6) is 0. The lowest BCUT2D eigenvalue weighted by atomic mass is 9.98. The van der Waals surface area contributed by atoms with Gasteiger partial charge in [-0.05, 0) is 49.8 Å². The SMILES string of the molecule is CCCCCCCCCCCCCCCCC[CH]Cc1cccc(C)c1C. The van der Waals surface area contributed by atoms with Gasteiger partial charge in [-0.15, -0.1) is 0 Å². The zero-order valence-corrected chi connectivity index (χ0v) is 18.8. The minimum Gasteiger partial charge on any atom is -0.0654 e. The van der Waals surface area contributed by atoms with E-state index in [2.05, 4.69) is 45.4 Å². The monoisotopic (exact) mass is 371 g/mol. The van der Waals surface area contributed by atoms with Gasteiger partial charge in [-0.2, -0.15) is 0 Å². The molecule has 0 aliphatic heterocycles. The molecule has 155 valence electrons. The van der Waals surface area contributed by atoms with Crippen molar-refractivity contribution in [1.82, 2.24) is 0 Å². The molecule has 0 aliphatic carbocycles. The van der Waals surface area contributed by atoms with E-state index in [4.69, 9.17) is 0 Å². The summed E-state index contributed by atoms with van der Waals surface area (Å²) in [6.45, 7) is 6.77. The highest BCUT2D eigenvalue weighted by molar-refractivity contribution is 5.33. The van der Waals surface area contributed by atoms with E-state index >= 15 is 0 Å². The first-order valence-electron chi connectivity index (χ1n) is 12.1. The zero-order valence-electron chi connectivity index (χ0n) is 18.8. The third-order valence-electron chi connectivity index (χ3n) is 6.09. The summed E-state index contributed by atoms with van der Waals surface area (Å²) in [4.78, 5) is 0. The van der Waals surface area contributed by atoms with Crippen LogP contribution in [0.5, 0.6) is 0 Å². The number of benzene rings is 1. The molecule has 0 nitrogen and oxygen atoms in total. The Kier molecular flexibility index (Phi) is 15.6. The molecule has 0 atom stereocenters. The molecule has 0 heteroatoms. The van der Waals surface area contributed by atoms with Gasteiger partial charge < -0.3 is 0 Å². The molecule has 0 saturated carbocycles. The Balaban J connectivity index is 1.79. The van der Waals surface area contributed by atoms with Crippen molar-refractivity contribution in [3.05, 3.63) is 41.3 Å². The van der Waals surface area contributed by atoms with Gasteiger partial charge in [-0.1, -0.05) is 121 Å². The fraction of sp³-hybridized carbons (Fsp3) is 0.741. The number of hydrogen-bond acceptors (Lipinski definition) is 0. The van der Waals surface area contributed by atoms with Crippen LogP contribution in [0.4, 0.5) is 0 Å². The van der Waals surface area contributed by atoms with Crippen LogP contribution < -0.4 is 0 Å². The molecule has 0 spiro atoms.